The van der Waals surface area contributed by atoms with Crippen LogP contribution in [0.2, 0.25) is 0 Å². The van der Waals surface area contributed by atoms with Crippen LogP contribution >= 0.6 is 0 Å². The van der Waals surface area contributed by atoms with Crippen LogP contribution in [0.25, 0.3) is 0 Å². The molecule has 120 valence electrons. The van der Waals surface area contributed by atoms with Crippen molar-refractivity contribution in [3.63, 3.8) is 0 Å². The molecule has 1 fully saturated rings. The van der Waals surface area contributed by atoms with E-state index in [0.29, 0.717) is 25.8 Å². The number of carbonyl (C=O) groups is 2. The van der Waals surface area contributed by atoms with E-state index in [1.54, 1.807) is 4.90 Å². The van der Waals surface area contributed by atoms with Gasteiger partial charge in [-0.3, -0.25) is 9.59 Å². The largest absolute Gasteiger partial charge is 0.376 e. The first-order valence-electron chi connectivity index (χ1n) is 8.10. The standard InChI is InChI=1S/C18H25NO3/c1-19(14-16-10-5-6-13-22-16)18(21)12-7-11-17(20)15-8-3-2-4-9-15/h2-4,8-9,16H,5-7,10-14H2,1H3. The van der Waals surface area contributed by atoms with Gasteiger partial charge in [-0.15, -0.1) is 0 Å². The Balaban J connectivity index is 1.67. The number of ether oxygens (including phenoxy) is 1. The first kappa shape index (κ1) is 16.7. The van der Waals surface area contributed by atoms with E-state index in [-0.39, 0.29) is 17.8 Å². The zero-order valence-electron chi connectivity index (χ0n) is 13.3. The van der Waals surface area contributed by atoms with Gasteiger partial charge in [-0.1, -0.05) is 30.3 Å². The number of amides is 1. The van der Waals surface area contributed by atoms with E-state index in [9.17, 15) is 9.59 Å². The summed E-state index contributed by atoms with van der Waals surface area (Å²) in [6.07, 6.45) is 4.94. The molecule has 1 saturated heterocycles. The first-order valence-corrected chi connectivity index (χ1v) is 8.10. The van der Waals surface area contributed by atoms with Crippen LogP contribution in [-0.4, -0.2) is 42.9 Å². The third-order valence-corrected chi connectivity index (χ3v) is 4.07. The minimum absolute atomic E-state index is 0.0926. The van der Waals surface area contributed by atoms with Gasteiger partial charge in [0.25, 0.3) is 0 Å². The topological polar surface area (TPSA) is 46.6 Å². The van der Waals surface area contributed by atoms with Crippen LogP contribution in [0, 0.1) is 0 Å². The monoisotopic (exact) mass is 303 g/mol. The second-order valence-electron chi connectivity index (χ2n) is 5.91. The second-order valence-corrected chi connectivity index (χ2v) is 5.91. The number of benzene rings is 1. The van der Waals surface area contributed by atoms with Gasteiger partial charge in [0.2, 0.25) is 5.91 Å². The molecule has 0 radical (unpaired) electrons. The number of likely N-dealkylation sites (N-methyl/N-ethyl adjacent to an activating group) is 1. The lowest BCUT2D eigenvalue weighted by molar-refractivity contribution is -0.132. The molecule has 0 bridgehead atoms. The maximum Gasteiger partial charge on any atom is 0.222 e. The van der Waals surface area contributed by atoms with Crippen molar-refractivity contribution in [1.82, 2.24) is 4.90 Å². The van der Waals surface area contributed by atoms with Crippen LogP contribution in [0.3, 0.4) is 0 Å². The smallest absolute Gasteiger partial charge is 0.222 e. The number of rotatable bonds is 7. The van der Waals surface area contributed by atoms with Crippen LogP contribution in [0.15, 0.2) is 30.3 Å². The minimum atomic E-state index is 0.0926. The van der Waals surface area contributed by atoms with Crippen LogP contribution in [-0.2, 0) is 9.53 Å². The highest BCUT2D eigenvalue weighted by atomic mass is 16.5. The predicted octanol–water partition coefficient (Wildman–Crippen LogP) is 3.07. The Morgan fingerprint density at radius 3 is 2.64 bits per heavy atom. The van der Waals surface area contributed by atoms with Gasteiger partial charge in [-0.25, -0.2) is 0 Å². The molecular formula is C18H25NO3. The molecule has 4 nitrogen and oxygen atoms in total. The summed E-state index contributed by atoms with van der Waals surface area (Å²) in [6, 6.07) is 9.24. The van der Waals surface area contributed by atoms with E-state index in [0.717, 1.165) is 25.0 Å². The lowest BCUT2D eigenvalue weighted by Gasteiger charge is -2.27. The third kappa shape index (κ3) is 5.26. The minimum Gasteiger partial charge on any atom is -0.376 e. The summed E-state index contributed by atoms with van der Waals surface area (Å²) in [5.74, 6) is 0.196. The highest BCUT2D eigenvalue weighted by Crippen LogP contribution is 2.14. The van der Waals surface area contributed by atoms with Crippen LogP contribution in [0.1, 0.15) is 48.9 Å². The van der Waals surface area contributed by atoms with E-state index in [4.69, 9.17) is 4.74 Å². The highest BCUT2D eigenvalue weighted by Gasteiger charge is 2.18. The first-order chi connectivity index (χ1) is 10.7. The molecule has 0 spiro atoms. The van der Waals surface area contributed by atoms with Gasteiger partial charge in [0.05, 0.1) is 6.10 Å². The highest BCUT2D eigenvalue weighted by molar-refractivity contribution is 5.96. The Labute approximate surface area is 132 Å². The molecule has 0 aliphatic carbocycles. The number of carbonyl (C=O) groups excluding carboxylic acids is 2. The molecule has 0 aromatic heterocycles. The Hall–Kier alpha value is -1.68. The Morgan fingerprint density at radius 1 is 1.18 bits per heavy atom. The summed E-state index contributed by atoms with van der Waals surface area (Å²) in [4.78, 5) is 25.8. The van der Waals surface area contributed by atoms with Gasteiger partial charge in [0.15, 0.2) is 5.78 Å². The predicted molar refractivity (Wildman–Crippen MR) is 85.9 cm³/mol. The van der Waals surface area contributed by atoms with Crippen molar-refractivity contribution < 1.29 is 14.3 Å². The van der Waals surface area contributed by atoms with Crippen molar-refractivity contribution in [2.24, 2.45) is 0 Å². The summed E-state index contributed by atoms with van der Waals surface area (Å²) in [5.41, 5.74) is 0.721. The molecule has 0 N–H and O–H groups in total. The lowest BCUT2D eigenvalue weighted by atomic mass is 10.1. The summed E-state index contributed by atoms with van der Waals surface area (Å²) >= 11 is 0. The summed E-state index contributed by atoms with van der Waals surface area (Å²) in [7, 11) is 1.82. The molecule has 1 aliphatic rings. The van der Waals surface area contributed by atoms with Crippen molar-refractivity contribution in [3.8, 4) is 0 Å². The SMILES string of the molecule is CN(CC1CCCCO1)C(=O)CCCC(=O)c1ccccc1. The van der Waals surface area contributed by atoms with Gasteiger partial charge >= 0.3 is 0 Å². The molecule has 1 aromatic carbocycles. The lowest BCUT2D eigenvalue weighted by Crippen LogP contribution is -2.37. The molecule has 1 heterocycles. The van der Waals surface area contributed by atoms with Crippen LogP contribution in [0.5, 0.6) is 0 Å². The normalized spacial score (nSPS) is 18.0. The van der Waals surface area contributed by atoms with E-state index in [1.165, 1.54) is 6.42 Å². The van der Waals surface area contributed by atoms with E-state index >= 15 is 0 Å². The molecule has 1 aliphatic heterocycles. The maximum absolute atomic E-state index is 12.1. The summed E-state index contributed by atoms with van der Waals surface area (Å²) < 4.78 is 5.65. The third-order valence-electron chi connectivity index (χ3n) is 4.07. The van der Waals surface area contributed by atoms with Gasteiger partial charge in [0, 0.05) is 38.6 Å². The fraction of sp³-hybridized carbons (Fsp3) is 0.556. The van der Waals surface area contributed by atoms with E-state index < -0.39 is 0 Å². The van der Waals surface area contributed by atoms with Gasteiger partial charge in [0.1, 0.15) is 0 Å². The molecule has 22 heavy (non-hydrogen) atoms. The fourth-order valence-corrected chi connectivity index (χ4v) is 2.72. The average Bonchev–Trinajstić information content (AvgIpc) is 2.56. The molecule has 1 atom stereocenters. The average molecular weight is 303 g/mol. The molecule has 0 saturated carbocycles. The number of hydrogen-bond donors (Lipinski definition) is 0. The van der Waals surface area contributed by atoms with Crippen molar-refractivity contribution in [1.29, 1.82) is 0 Å². The van der Waals surface area contributed by atoms with Crippen molar-refractivity contribution in [2.45, 2.75) is 44.6 Å². The van der Waals surface area contributed by atoms with E-state index in [1.807, 2.05) is 37.4 Å². The van der Waals surface area contributed by atoms with Crippen molar-refractivity contribution in [2.75, 3.05) is 20.2 Å². The Morgan fingerprint density at radius 2 is 1.95 bits per heavy atom. The quantitative estimate of drug-likeness (QED) is 0.727. The Bertz CT molecular complexity index is 480. The number of Topliss-reactive ketones (excluding diaryl/α,β-unsaturated/α-hetero) is 1. The second kappa shape index (κ2) is 8.69. The van der Waals surface area contributed by atoms with E-state index in [2.05, 4.69) is 0 Å². The summed E-state index contributed by atoms with van der Waals surface area (Å²) in [5, 5.41) is 0. The van der Waals surface area contributed by atoms with Crippen LogP contribution in [0.4, 0.5) is 0 Å². The fourth-order valence-electron chi connectivity index (χ4n) is 2.72. The maximum atomic E-state index is 12.1. The Kier molecular flexibility index (Phi) is 6.59. The number of nitrogens with zero attached hydrogens (tertiary/aromatic N) is 1. The molecule has 1 unspecified atom stereocenters. The molecule has 1 amide bonds. The molecule has 4 heteroatoms. The summed E-state index contributed by atoms with van der Waals surface area (Å²) in [6.45, 7) is 1.46. The zero-order valence-corrected chi connectivity index (χ0v) is 13.3. The van der Waals surface area contributed by atoms with Crippen molar-refractivity contribution >= 4 is 11.7 Å². The number of hydrogen-bond acceptors (Lipinski definition) is 3. The molecule has 1 aromatic rings. The number of ketones is 1. The molecule has 2 rings (SSSR count). The zero-order chi connectivity index (χ0) is 15.8. The van der Waals surface area contributed by atoms with Crippen molar-refractivity contribution in [3.05, 3.63) is 35.9 Å². The van der Waals surface area contributed by atoms with Crippen LogP contribution < -0.4 is 0 Å². The van der Waals surface area contributed by atoms with Gasteiger partial charge in [-0.2, -0.15) is 0 Å². The van der Waals surface area contributed by atoms with Gasteiger partial charge < -0.3 is 9.64 Å². The molecular weight excluding hydrogens is 278 g/mol. The van der Waals surface area contributed by atoms with Gasteiger partial charge in [-0.05, 0) is 25.7 Å².